The summed E-state index contributed by atoms with van der Waals surface area (Å²) in [6, 6.07) is 10.2. The number of H-pyrrole nitrogens is 1. The first-order valence-electron chi connectivity index (χ1n) is 9.79. The number of nitrogens with one attached hydrogen (secondary N) is 2. The Bertz CT molecular complexity index is 1290. The van der Waals surface area contributed by atoms with Crippen LogP contribution in [-0.4, -0.2) is 37.3 Å². The fraction of sp³-hybridized carbons (Fsp3) is 0.286. The molecule has 0 bridgehead atoms. The minimum absolute atomic E-state index is 0.114. The molecule has 0 fully saturated rings. The van der Waals surface area contributed by atoms with E-state index >= 15 is 0 Å². The van der Waals surface area contributed by atoms with Gasteiger partial charge in [0.1, 0.15) is 0 Å². The number of carbonyl (C=O) groups excluding carboxylic acids is 1. The molecule has 0 saturated heterocycles. The number of fused-ring (bicyclic) bond motifs is 3. The predicted molar refractivity (Wildman–Crippen MR) is 114 cm³/mol. The molecule has 32 heavy (non-hydrogen) atoms. The van der Waals surface area contributed by atoms with Crippen LogP contribution in [0.4, 0.5) is 13.2 Å². The van der Waals surface area contributed by atoms with E-state index in [2.05, 4.69) is 9.71 Å². The van der Waals surface area contributed by atoms with Crippen molar-refractivity contribution in [2.45, 2.75) is 30.5 Å². The maximum Gasteiger partial charge on any atom is 0.417 e. The third-order valence-corrected chi connectivity index (χ3v) is 7.21. The number of hydrogen-bond donors (Lipinski definition) is 2. The molecule has 2 N–H and O–H groups in total. The Kier molecular flexibility index (Phi) is 5.95. The van der Waals surface area contributed by atoms with Crippen molar-refractivity contribution < 1.29 is 26.4 Å². The molecule has 0 aliphatic carbocycles. The summed E-state index contributed by atoms with van der Waals surface area (Å²) in [7, 11) is -4.24. The highest BCUT2D eigenvalue weighted by Crippen LogP contribution is 2.36. The molecule has 11 heteroatoms. The van der Waals surface area contributed by atoms with Crippen LogP contribution >= 0.6 is 11.6 Å². The van der Waals surface area contributed by atoms with Crippen LogP contribution in [-0.2, 0) is 34.0 Å². The fourth-order valence-electron chi connectivity index (χ4n) is 3.80. The zero-order valence-corrected chi connectivity index (χ0v) is 18.2. The van der Waals surface area contributed by atoms with Crippen molar-refractivity contribution in [3.8, 4) is 0 Å². The molecule has 0 spiro atoms. The van der Waals surface area contributed by atoms with Crippen LogP contribution in [0.1, 0.15) is 23.2 Å². The first-order chi connectivity index (χ1) is 15.1. The highest BCUT2D eigenvalue weighted by Gasteiger charge is 2.34. The quantitative estimate of drug-likeness (QED) is 0.571. The molecular formula is C21H19ClF3N3O3S. The predicted octanol–water partition coefficient (Wildman–Crippen LogP) is 4.09. The van der Waals surface area contributed by atoms with Crippen LogP contribution in [0.3, 0.4) is 0 Å². The number of carbonyl (C=O) groups is 1. The summed E-state index contributed by atoms with van der Waals surface area (Å²) < 4.78 is 66.0. The van der Waals surface area contributed by atoms with E-state index in [1.165, 1.54) is 0 Å². The van der Waals surface area contributed by atoms with Crippen molar-refractivity contribution in [1.82, 2.24) is 14.6 Å². The Balaban J connectivity index is 1.40. The Labute approximate surface area is 187 Å². The summed E-state index contributed by atoms with van der Waals surface area (Å²) in [5.74, 6) is -0.240. The third-order valence-electron chi connectivity index (χ3n) is 5.42. The van der Waals surface area contributed by atoms with Gasteiger partial charge in [0.2, 0.25) is 15.9 Å². The van der Waals surface area contributed by atoms with Crippen LogP contribution in [0.25, 0.3) is 10.9 Å². The van der Waals surface area contributed by atoms with Crippen LogP contribution in [0.15, 0.2) is 47.4 Å². The lowest BCUT2D eigenvalue weighted by atomic mass is 10.0. The van der Waals surface area contributed by atoms with E-state index in [1.54, 1.807) is 4.90 Å². The molecule has 6 nitrogen and oxygen atoms in total. The number of alkyl halides is 3. The van der Waals surface area contributed by atoms with Gasteiger partial charge >= 0.3 is 6.18 Å². The highest BCUT2D eigenvalue weighted by molar-refractivity contribution is 7.89. The first kappa shape index (κ1) is 22.6. The standard InChI is InChI=1S/C21H19ClF3N3O3S/c22-17-6-5-13(11-16(17)21(23,24)25)32(30,31)26-9-7-20(29)28-10-8-19-15(12-28)14-3-1-2-4-18(14)27-19/h1-6,11,26-27H,7-10,12H2. The Morgan fingerprint density at radius 1 is 1.19 bits per heavy atom. The van der Waals surface area contributed by atoms with Gasteiger partial charge in [0.25, 0.3) is 0 Å². The lowest BCUT2D eigenvalue weighted by Crippen LogP contribution is -2.37. The Morgan fingerprint density at radius 3 is 2.69 bits per heavy atom. The Morgan fingerprint density at radius 2 is 1.94 bits per heavy atom. The molecule has 170 valence electrons. The average Bonchev–Trinajstić information content (AvgIpc) is 3.10. The van der Waals surface area contributed by atoms with Crippen molar-refractivity contribution in [3.63, 3.8) is 0 Å². The van der Waals surface area contributed by atoms with Crippen molar-refractivity contribution in [2.75, 3.05) is 13.1 Å². The molecular weight excluding hydrogens is 467 g/mol. The van der Waals surface area contributed by atoms with E-state index in [9.17, 15) is 26.4 Å². The zero-order chi connectivity index (χ0) is 23.1. The van der Waals surface area contributed by atoms with Crippen LogP contribution in [0, 0.1) is 0 Å². The van der Waals surface area contributed by atoms with Crippen molar-refractivity contribution in [3.05, 3.63) is 64.3 Å². The average molecular weight is 486 g/mol. The number of sulfonamides is 1. The zero-order valence-electron chi connectivity index (χ0n) is 16.7. The largest absolute Gasteiger partial charge is 0.417 e. The van der Waals surface area contributed by atoms with Crippen LogP contribution in [0.2, 0.25) is 5.02 Å². The topological polar surface area (TPSA) is 82.3 Å². The van der Waals surface area contributed by atoms with E-state index in [0.717, 1.165) is 34.3 Å². The molecule has 0 saturated carbocycles. The molecule has 1 aliphatic heterocycles. The van der Waals surface area contributed by atoms with Gasteiger partial charge in [-0.25, -0.2) is 13.1 Å². The molecule has 1 aliphatic rings. The first-order valence-corrected chi connectivity index (χ1v) is 11.6. The number of nitrogens with zero attached hydrogens (tertiary/aromatic N) is 1. The van der Waals surface area contributed by atoms with Gasteiger partial charge in [0.15, 0.2) is 0 Å². The molecule has 4 rings (SSSR count). The monoisotopic (exact) mass is 485 g/mol. The molecule has 2 aromatic carbocycles. The number of hydrogen-bond acceptors (Lipinski definition) is 3. The van der Waals surface area contributed by atoms with E-state index in [0.29, 0.717) is 25.6 Å². The number of aromatic amines is 1. The molecule has 3 aromatic rings. The maximum absolute atomic E-state index is 13.0. The lowest BCUT2D eigenvalue weighted by molar-refractivity contribution is -0.137. The van der Waals surface area contributed by atoms with Gasteiger partial charge < -0.3 is 9.88 Å². The van der Waals surface area contributed by atoms with E-state index in [4.69, 9.17) is 11.6 Å². The fourth-order valence-corrected chi connectivity index (χ4v) is 5.08. The smallest absolute Gasteiger partial charge is 0.358 e. The van der Waals surface area contributed by atoms with Gasteiger partial charge in [-0.15, -0.1) is 0 Å². The Hall–Kier alpha value is -2.56. The number of aromatic nitrogens is 1. The summed E-state index contributed by atoms with van der Waals surface area (Å²) in [6.07, 6.45) is -4.24. The molecule has 0 atom stereocenters. The van der Waals surface area contributed by atoms with Gasteiger partial charge in [-0.05, 0) is 24.3 Å². The van der Waals surface area contributed by atoms with Gasteiger partial charge in [-0.1, -0.05) is 29.8 Å². The number of rotatable bonds is 5. The van der Waals surface area contributed by atoms with Crippen molar-refractivity contribution >= 4 is 38.4 Å². The summed E-state index contributed by atoms with van der Waals surface area (Å²) in [6.45, 7) is 0.678. The molecule has 2 heterocycles. The summed E-state index contributed by atoms with van der Waals surface area (Å²) >= 11 is 5.54. The van der Waals surface area contributed by atoms with E-state index in [1.807, 2.05) is 24.3 Å². The van der Waals surface area contributed by atoms with Gasteiger partial charge in [-0.2, -0.15) is 13.2 Å². The van der Waals surface area contributed by atoms with Gasteiger partial charge in [-0.3, -0.25) is 4.79 Å². The van der Waals surface area contributed by atoms with Crippen molar-refractivity contribution in [2.24, 2.45) is 0 Å². The van der Waals surface area contributed by atoms with Crippen LogP contribution in [0.5, 0.6) is 0 Å². The van der Waals surface area contributed by atoms with E-state index < -0.39 is 31.7 Å². The van der Waals surface area contributed by atoms with Gasteiger partial charge in [0, 0.05) is 54.6 Å². The second-order valence-electron chi connectivity index (χ2n) is 7.48. The number of halogens is 4. The van der Waals surface area contributed by atoms with Crippen molar-refractivity contribution in [1.29, 1.82) is 0 Å². The van der Waals surface area contributed by atoms with Gasteiger partial charge in [0.05, 0.1) is 15.5 Å². The summed E-state index contributed by atoms with van der Waals surface area (Å²) in [5, 5.41) is 0.456. The maximum atomic E-state index is 13.0. The second kappa shape index (κ2) is 8.42. The number of para-hydroxylation sites is 1. The molecule has 0 radical (unpaired) electrons. The number of benzene rings is 2. The molecule has 1 aromatic heterocycles. The normalized spacial score (nSPS) is 14.6. The summed E-state index contributed by atoms with van der Waals surface area (Å²) in [5.41, 5.74) is 1.89. The van der Waals surface area contributed by atoms with Crippen LogP contribution < -0.4 is 4.72 Å². The lowest BCUT2D eigenvalue weighted by Gasteiger charge is -2.27. The second-order valence-corrected chi connectivity index (χ2v) is 9.65. The third kappa shape index (κ3) is 4.48. The highest BCUT2D eigenvalue weighted by atomic mass is 35.5. The minimum atomic E-state index is -4.78. The SMILES string of the molecule is O=C(CCNS(=O)(=O)c1ccc(Cl)c(C(F)(F)F)c1)N1CCc2[nH]c3ccccc3c2C1. The van der Waals surface area contributed by atoms with E-state index in [-0.39, 0.29) is 18.9 Å². The molecule has 1 amide bonds. The molecule has 0 unspecified atom stereocenters. The number of amides is 1. The minimum Gasteiger partial charge on any atom is -0.358 e. The summed E-state index contributed by atoms with van der Waals surface area (Å²) in [4.78, 5) is 17.1.